The van der Waals surface area contributed by atoms with Crippen LogP contribution in [0.3, 0.4) is 0 Å². The van der Waals surface area contributed by atoms with E-state index in [4.69, 9.17) is 4.74 Å². The molecule has 0 saturated heterocycles. The number of benzene rings is 3. The molecule has 0 unspecified atom stereocenters. The molecule has 40 heavy (non-hydrogen) atoms. The van der Waals surface area contributed by atoms with Crippen LogP contribution in [0.2, 0.25) is 0 Å². The number of carbonyl (C=O) groups is 2. The van der Waals surface area contributed by atoms with Gasteiger partial charge in [-0.2, -0.15) is 0 Å². The third kappa shape index (κ3) is 7.85. The van der Waals surface area contributed by atoms with Gasteiger partial charge in [-0.25, -0.2) is 8.42 Å². The molecule has 0 heterocycles. The number of nitrogens with zero attached hydrogens (tertiary/aromatic N) is 2. The van der Waals surface area contributed by atoms with E-state index >= 15 is 0 Å². The zero-order valence-electron chi connectivity index (χ0n) is 23.6. The Morgan fingerprint density at radius 1 is 0.900 bits per heavy atom. The highest BCUT2D eigenvalue weighted by atomic mass is 32.2. The van der Waals surface area contributed by atoms with Gasteiger partial charge in [-0.05, 0) is 56.0 Å². The number of amides is 2. The number of hydrogen-bond acceptors (Lipinski definition) is 5. The Labute approximate surface area is 238 Å². The SMILES string of the molecule is CC[C@H](C(=O)N[C@@H](C)CC)N(CCc1ccccc1)C(=O)CN(c1cccc(OC)c1)S(=O)(=O)c1ccccc1. The van der Waals surface area contributed by atoms with E-state index in [0.29, 0.717) is 18.6 Å². The number of carbonyl (C=O) groups excluding carboxylic acids is 2. The Hall–Kier alpha value is -3.85. The summed E-state index contributed by atoms with van der Waals surface area (Å²) in [6.07, 6.45) is 1.65. The molecule has 0 aliphatic carbocycles. The van der Waals surface area contributed by atoms with Crippen molar-refractivity contribution in [2.75, 3.05) is 24.5 Å². The van der Waals surface area contributed by atoms with Gasteiger partial charge in [0.05, 0.1) is 17.7 Å². The number of nitrogens with one attached hydrogen (secondary N) is 1. The summed E-state index contributed by atoms with van der Waals surface area (Å²) in [5.41, 5.74) is 1.30. The van der Waals surface area contributed by atoms with Gasteiger partial charge in [0.2, 0.25) is 11.8 Å². The normalized spacial score (nSPS) is 12.7. The maximum Gasteiger partial charge on any atom is 0.264 e. The predicted octanol–water partition coefficient (Wildman–Crippen LogP) is 4.66. The van der Waals surface area contributed by atoms with E-state index in [2.05, 4.69) is 5.32 Å². The lowest BCUT2D eigenvalue weighted by Gasteiger charge is -2.33. The molecule has 3 aromatic rings. The van der Waals surface area contributed by atoms with Crippen LogP contribution in [0.5, 0.6) is 5.75 Å². The molecular formula is C31H39N3O5S. The van der Waals surface area contributed by atoms with E-state index in [0.717, 1.165) is 16.3 Å². The summed E-state index contributed by atoms with van der Waals surface area (Å²) < 4.78 is 34.1. The molecule has 0 aromatic heterocycles. The van der Waals surface area contributed by atoms with Crippen molar-refractivity contribution in [1.29, 1.82) is 0 Å². The van der Waals surface area contributed by atoms with Gasteiger partial charge in [-0.1, -0.05) is 68.4 Å². The average Bonchev–Trinajstić information content (AvgIpc) is 2.98. The number of methoxy groups -OCH3 is 1. The van der Waals surface area contributed by atoms with Crippen LogP contribution < -0.4 is 14.4 Å². The number of ether oxygens (including phenoxy) is 1. The second kappa shape index (κ2) is 14.5. The molecule has 1 N–H and O–H groups in total. The smallest absolute Gasteiger partial charge is 0.264 e. The minimum Gasteiger partial charge on any atom is -0.497 e. The first-order chi connectivity index (χ1) is 19.2. The summed E-state index contributed by atoms with van der Waals surface area (Å²) in [4.78, 5) is 28.9. The Bertz CT molecular complexity index is 1350. The van der Waals surface area contributed by atoms with Gasteiger partial charge in [0.1, 0.15) is 18.3 Å². The van der Waals surface area contributed by atoms with Crippen LogP contribution in [-0.4, -0.2) is 57.4 Å². The van der Waals surface area contributed by atoms with Gasteiger partial charge in [0, 0.05) is 18.7 Å². The quantitative estimate of drug-likeness (QED) is 0.307. The molecule has 3 rings (SSSR count). The molecule has 8 nitrogen and oxygen atoms in total. The van der Waals surface area contributed by atoms with Crippen molar-refractivity contribution in [2.24, 2.45) is 0 Å². The fourth-order valence-corrected chi connectivity index (χ4v) is 5.78. The van der Waals surface area contributed by atoms with Crippen molar-refractivity contribution in [1.82, 2.24) is 10.2 Å². The zero-order valence-corrected chi connectivity index (χ0v) is 24.4. The van der Waals surface area contributed by atoms with Crippen molar-refractivity contribution in [3.8, 4) is 5.75 Å². The summed E-state index contributed by atoms with van der Waals surface area (Å²) in [6, 6.07) is 23.5. The number of anilines is 1. The molecule has 9 heteroatoms. The van der Waals surface area contributed by atoms with E-state index in [1.165, 1.54) is 24.1 Å². The Balaban J connectivity index is 2.01. The number of sulfonamides is 1. The predicted molar refractivity (Wildman–Crippen MR) is 158 cm³/mol. The van der Waals surface area contributed by atoms with Crippen LogP contribution in [0.4, 0.5) is 5.69 Å². The molecule has 0 radical (unpaired) electrons. The molecule has 0 spiro atoms. The van der Waals surface area contributed by atoms with Gasteiger partial charge >= 0.3 is 0 Å². The lowest BCUT2D eigenvalue weighted by Crippen LogP contribution is -2.54. The minimum absolute atomic E-state index is 0.0561. The molecule has 0 aliphatic rings. The van der Waals surface area contributed by atoms with Crippen molar-refractivity contribution in [3.05, 3.63) is 90.5 Å². The average molecular weight is 566 g/mol. The molecular weight excluding hydrogens is 526 g/mol. The summed E-state index contributed by atoms with van der Waals surface area (Å²) in [5, 5.41) is 2.99. The van der Waals surface area contributed by atoms with E-state index in [1.807, 2.05) is 51.1 Å². The van der Waals surface area contributed by atoms with Crippen LogP contribution >= 0.6 is 0 Å². The van der Waals surface area contributed by atoms with Crippen LogP contribution in [0, 0.1) is 0 Å². The summed E-state index contributed by atoms with van der Waals surface area (Å²) in [7, 11) is -2.63. The van der Waals surface area contributed by atoms with Crippen LogP contribution in [0.25, 0.3) is 0 Å². The topological polar surface area (TPSA) is 96.0 Å². The van der Waals surface area contributed by atoms with E-state index < -0.39 is 28.5 Å². The molecule has 0 saturated carbocycles. The highest BCUT2D eigenvalue weighted by molar-refractivity contribution is 7.92. The molecule has 0 bridgehead atoms. The summed E-state index contributed by atoms with van der Waals surface area (Å²) in [6.45, 7) is 5.52. The Kier molecular flexibility index (Phi) is 11.1. The molecule has 2 atom stereocenters. The molecule has 214 valence electrons. The highest BCUT2D eigenvalue weighted by Gasteiger charge is 2.33. The molecule has 0 fully saturated rings. The van der Waals surface area contributed by atoms with Gasteiger partial charge in [0.15, 0.2) is 0 Å². The van der Waals surface area contributed by atoms with Crippen molar-refractivity contribution >= 4 is 27.5 Å². The first-order valence-electron chi connectivity index (χ1n) is 13.6. The molecule has 0 aliphatic heterocycles. The standard InChI is InChI=1S/C31H39N3O5S/c1-5-24(3)32-31(36)29(6-2)33(21-20-25-14-9-7-10-15-25)30(35)23-34(26-16-13-17-27(22-26)39-4)40(37,38)28-18-11-8-12-19-28/h7-19,22,24,29H,5-6,20-21,23H2,1-4H3,(H,32,36)/t24-,29+/m0/s1. The van der Waals surface area contributed by atoms with Gasteiger partial charge in [0.25, 0.3) is 10.0 Å². The minimum atomic E-state index is -4.12. The maximum absolute atomic E-state index is 14.0. The third-order valence-corrected chi connectivity index (χ3v) is 8.61. The third-order valence-electron chi connectivity index (χ3n) is 6.82. The van der Waals surface area contributed by atoms with Gasteiger partial charge in [-0.15, -0.1) is 0 Å². The lowest BCUT2D eigenvalue weighted by atomic mass is 10.1. The fraction of sp³-hybridized carbons (Fsp3) is 0.355. The van der Waals surface area contributed by atoms with Crippen molar-refractivity contribution in [2.45, 2.75) is 57.0 Å². The number of rotatable bonds is 14. The Morgan fingerprint density at radius 3 is 2.15 bits per heavy atom. The lowest BCUT2D eigenvalue weighted by molar-refractivity contribution is -0.139. The van der Waals surface area contributed by atoms with E-state index in [-0.39, 0.29) is 29.1 Å². The second-order valence-corrected chi connectivity index (χ2v) is 11.5. The first-order valence-corrected chi connectivity index (χ1v) is 15.0. The summed E-state index contributed by atoms with van der Waals surface area (Å²) in [5.74, 6) is -0.264. The largest absolute Gasteiger partial charge is 0.497 e. The highest BCUT2D eigenvalue weighted by Crippen LogP contribution is 2.27. The Morgan fingerprint density at radius 2 is 1.55 bits per heavy atom. The number of hydrogen-bond donors (Lipinski definition) is 1. The second-order valence-electron chi connectivity index (χ2n) is 9.59. The van der Waals surface area contributed by atoms with Crippen LogP contribution in [0.15, 0.2) is 89.8 Å². The van der Waals surface area contributed by atoms with Gasteiger partial charge in [-0.3, -0.25) is 13.9 Å². The van der Waals surface area contributed by atoms with Crippen molar-refractivity contribution < 1.29 is 22.7 Å². The zero-order chi connectivity index (χ0) is 29.1. The molecule has 3 aromatic carbocycles. The van der Waals surface area contributed by atoms with E-state index in [9.17, 15) is 18.0 Å². The fourth-order valence-electron chi connectivity index (χ4n) is 4.35. The molecule has 2 amide bonds. The monoisotopic (exact) mass is 565 g/mol. The first kappa shape index (κ1) is 30.7. The van der Waals surface area contributed by atoms with Gasteiger partial charge < -0.3 is 15.0 Å². The van der Waals surface area contributed by atoms with Crippen LogP contribution in [-0.2, 0) is 26.0 Å². The maximum atomic E-state index is 14.0. The van der Waals surface area contributed by atoms with Crippen molar-refractivity contribution in [3.63, 3.8) is 0 Å². The van der Waals surface area contributed by atoms with Crippen LogP contribution in [0.1, 0.15) is 39.2 Å². The van der Waals surface area contributed by atoms with E-state index in [1.54, 1.807) is 42.5 Å². The summed E-state index contributed by atoms with van der Waals surface area (Å²) >= 11 is 0.